The summed E-state index contributed by atoms with van der Waals surface area (Å²) < 4.78 is 45.7. The minimum atomic E-state index is -3.47. The van der Waals surface area contributed by atoms with Gasteiger partial charge in [0.1, 0.15) is 17.2 Å². The Balaban J connectivity index is 1.71. The van der Waals surface area contributed by atoms with E-state index in [2.05, 4.69) is 10.0 Å². The highest BCUT2D eigenvalue weighted by molar-refractivity contribution is 7.92. The predicted molar refractivity (Wildman–Crippen MR) is 113 cm³/mol. The van der Waals surface area contributed by atoms with Gasteiger partial charge >= 0.3 is 0 Å². The molecule has 1 aromatic heterocycles. The third-order valence-electron chi connectivity index (χ3n) is 5.42. The molecule has 0 spiro atoms. The number of carbonyl (C=O) groups is 1. The molecule has 2 aliphatic carbocycles. The van der Waals surface area contributed by atoms with Crippen molar-refractivity contribution in [2.75, 3.05) is 11.0 Å². The Morgan fingerprint density at radius 1 is 1.10 bits per heavy atom. The number of benzene rings is 2. The van der Waals surface area contributed by atoms with Crippen molar-refractivity contribution in [2.24, 2.45) is 0 Å². The van der Waals surface area contributed by atoms with Crippen LogP contribution in [-0.4, -0.2) is 26.6 Å². The number of anilines is 1. The van der Waals surface area contributed by atoms with Crippen molar-refractivity contribution in [1.29, 1.82) is 0 Å². The maximum Gasteiger partial charge on any atom is 0.256 e. The summed E-state index contributed by atoms with van der Waals surface area (Å²) in [4.78, 5) is 13.1. The van der Waals surface area contributed by atoms with Gasteiger partial charge < -0.3 is 9.73 Å². The normalized spacial score (nSPS) is 16.6. The van der Waals surface area contributed by atoms with Gasteiger partial charge in [-0.05, 0) is 67.5 Å². The van der Waals surface area contributed by atoms with Gasteiger partial charge in [-0.15, -0.1) is 0 Å². The first-order valence-electron chi connectivity index (χ1n) is 9.93. The van der Waals surface area contributed by atoms with Crippen LogP contribution in [0.3, 0.4) is 0 Å². The van der Waals surface area contributed by atoms with E-state index in [4.69, 9.17) is 4.42 Å². The van der Waals surface area contributed by atoms with Crippen molar-refractivity contribution in [2.45, 2.75) is 37.6 Å². The second-order valence-corrected chi connectivity index (χ2v) is 9.89. The van der Waals surface area contributed by atoms with E-state index in [1.54, 1.807) is 18.2 Å². The van der Waals surface area contributed by atoms with Crippen LogP contribution in [0.2, 0.25) is 0 Å². The summed E-state index contributed by atoms with van der Waals surface area (Å²) in [6.45, 7) is 0. The van der Waals surface area contributed by atoms with Crippen LogP contribution in [0.1, 0.15) is 47.5 Å². The molecule has 156 valence electrons. The zero-order chi connectivity index (χ0) is 21.0. The monoisotopic (exact) mass is 428 g/mol. The fourth-order valence-electron chi connectivity index (χ4n) is 3.70. The van der Waals surface area contributed by atoms with Gasteiger partial charge in [0.25, 0.3) is 5.91 Å². The minimum Gasteiger partial charge on any atom is -0.455 e. The number of rotatable bonds is 6. The minimum absolute atomic E-state index is 0.164. The Morgan fingerprint density at radius 3 is 2.40 bits per heavy atom. The lowest BCUT2D eigenvalue weighted by Gasteiger charge is -2.11. The van der Waals surface area contributed by atoms with E-state index < -0.39 is 10.0 Å². The first-order valence-corrected chi connectivity index (χ1v) is 11.8. The highest BCUT2D eigenvalue weighted by Crippen LogP contribution is 2.46. The van der Waals surface area contributed by atoms with Crippen LogP contribution in [0.25, 0.3) is 22.3 Å². The largest absolute Gasteiger partial charge is 0.455 e. The molecule has 1 amide bonds. The molecule has 1 heterocycles. The lowest BCUT2D eigenvalue weighted by atomic mass is 10.0. The molecule has 0 radical (unpaired) electrons. The highest BCUT2D eigenvalue weighted by atomic mass is 32.2. The fraction of sp³-hybridized carbons (Fsp3) is 0.318. The van der Waals surface area contributed by atoms with E-state index in [9.17, 15) is 17.6 Å². The molecule has 2 N–H and O–H groups in total. The van der Waals surface area contributed by atoms with E-state index in [-0.39, 0.29) is 23.7 Å². The molecule has 0 bridgehead atoms. The molecule has 0 unspecified atom stereocenters. The number of sulfonamides is 1. The third kappa shape index (κ3) is 3.79. The maximum atomic E-state index is 13.4. The predicted octanol–water partition coefficient (Wildman–Crippen LogP) is 4.38. The van der Waals surface area contributed by atoms with E-state index in [0.717, 1.165) is 37.5 Å². The van der Waals surface area contributed by atoms with E-state index in [1.807, 2.05) is 6.07 Å². The van der Waals surface area contributed by atoms with E-state index in [1.165, 1.54) is 12.1 Å². The van der Waals surface area contributed by atoms with Crippen molar-refractivity contribution >= 4 is 32.6 Å². The van der Waals surface area contributed by atoms with Crippen LogP contribution in [0.4, 0.5) is 10.1 Å². The average molecular weight is 428 g/mol. The molecule has 30 heavy (non-hydrogen) atoms. The van der Waals surface area contributed by atoms with Gasteiger partial charge in [-0.2, -0.15) is 0 Å². The fourth-order valence-corrected chi connectivity index (χ4v) is 4.27. The molecule has 6 nitrogen and oxygen atoms in total. The van der Waals surface area contributed by atoms with Crippen molar-refractivity contribution < 1.29 is 22.0 Å². The molecule has 0 aliphatic heterocycles. The Kier molecular flexibility index (Phi) is 4.36. The number of carbonyl (C=O) groups excluding carboxylic acids is 1. The summed E-state index contributed by atoms with van der Waals surface area (Å²) in [6.07, 6.45) is 4.94. The highest BCUT2D eigenvalue weighted by Gasteiger charge is 2.32. The van der Waals surface area contributed by atoms with Crippen LogP contribution in [0, 0.1) is 5.82 Å². The first kappa shape index (κ1) is 19.1. The Hall–Kier alpha value is -2.87. The Labute approximate surface area is 173 Å². The topological polar surface area (TPSA) is 88.4 Å². The van der Waals surface area contributed by atoms with Crippen LogP contribution in [0.5, 0.6) is 0 Å². The van der Waals surface area contributed by atoms with Crippen molar-refractivity contribution in [3.8, 4) is 11.3 Å². The molecule has 2 saturated carbocycles. The average Bonchev–Trinajstić information content (AvgIpc) is 3.59. The quantitative estimate of drug-likeness (QED) is 0.610. The number of amides is 1. The van der Waals surface area contributed by atoms with Crippen LogP contribution in [0.15, 0.2) is 40.8 Å². The second-order valence-electron chi connectivity index (χ2n) is 8.14. The number of furan rings is 1. The zero-order valence-electron chi connectivity index (χ0n) is 16.4. The van der Waals surface area contributed by atoms with Crippen LogP contribution in [-0.2, 0) is 10.0 Å². The van der Waals surface area contributed by atoms with Crippen molar-refractivity contribution in [3.05, 3.63) is 53.3 Å². The lowest BCUT2D eigenvalue weighted by molar-refractivity contribution is 0.0952. The van der Waals surface area contributed by atoms with Gasteiger partial charge in [0, 0.05) is 23.1 Å². The molecule has 2 aliphatic rings. The molecule has 2 fully saturated rings. The zero-order valence-corrected chi connectivity index (χ0v) is 17.2. The molecule has 3 aromatic rings. The van der Waals surface area contributed by atoms with Gasteiger partial charge in [0.2, 0.25) is 10.0 Å². The maximum absolute atomic E-state index is 13.4. The second kappa shape index (κ2) is 6.84. The Morgan fingerprint density at radius 2 is 1.80 bits per heavy atom. The third-order valence-corrected chi connectivity index (χ3v) is 6.01. The van der Waals surface area contributed by atoms with Crippen LogP contribution >= 0.6 is 0 Å². The summed E-state index contributed by atoms with van der Waals surface area (Å²) in [5.74, 6) is -0.0146. The SMILES string of the molecule is CS(=O)(=O)Nc1cc2oc(-c3ccc(F)cc3)c(C(=O)NC3CC3)c2cc1C1CC1. The summed E-state index contributed by atoms with van der Waals surface area (Å²) in [7, 11) is -3.47. The summed E-state index contributed by atoms with van der Waals surface area (Å²) in [5, 5.41) is 3.64. The van der Waals surface area contributed by atoms with E-state index in [0.29, 0.717) is 33.5 Å². The summed E-state index contributed by atoms with van der Waals surface area (Å²) >= 11 is 0. The van der Waals surface area contributed by atoms with Gasteiger partial charge in [-0.1, -0.05) is 0 Å². The van der Waals surface area contributed by atoms with Gasteiger partial charge in [0.05, 0.1) is 17.5 Å². The van der Waals surface area contributed by atoms with E-state index >= 15 is 0 Å². The summed E-state index contributed by atoms with van der Waals surface area (Å²) in [5.41, 5.74) is 2.72. The summed E-state index contributed by atoms with van der Waals surface area (Å²) in [6, 6.07) is 9.44. The molecule has 2 aromatic carbocycles. The van der Waals surface area contributed by atoms with Crippen molar-refractivity contribution in [3.63, 3.8) is 0 Å². The van der Waals surface area contributed by atoms with Crippen LogP contribution < -0.4 is 10.0 Å². The molecular formula is C22H21FN2O4S. The Bertz CT molecular complexity index is 1260. The number of halogens is 1. The molecule has 0 atom stereocenters. The molecule has 0 saturated heterocycles. The number of fused-ring (bicyclic) bond motifs is 1. The van der Waals surface area contributed by atoms with Gasteiger partial charge in [0.15, 0.2) is 0 Å². The number of hydrogen-bond acceptors (Lipinski definition) is 4. The lowest BCUT2D eigenvalue weighted by Crippen LogP contribution is -2.25. The molecular weight excluding hydrogens is 407 g/mol. The number of hydrogen-bond donors (Lipinski definition) is 2. The number of nitrogens with one attached hydrogen (secondary N) is 2. The van der Waals surface area contributed by atoms with Crippen molar-refractivity contribution in [1.82, 2.24) is 5.32 Å². The smallest absolute Gasteiger partial charge is 0.256 e. The van der Waals surface area contributed by atoms with Gasteiger partial charge in [-0.3, -0.25) is 9.52 Å². The molecule has 5 rings (SSSR count). The standard InChI is InChI=1S/C22H21FN2O4S/c1-30(27,28)25-18-11-19-17(10-16(18)12-2-3-12)20(22(26)24-15-8-9-15)21(29-19)13-4-6-14(23)7-5-13/h4-7,10-12,15,25H,2-3,8-9H2,1H3,(H,24,26). The first-order chi connectivity index (χ1) is 14.3. The van der Waals surface area contributed by atoms with Gasteiger partial charge in [-0.25, -0.2) is 12.8 Å². The molecule has 8 heteroatoms.